The molecule has 1 amide bonds. The Balaban J connectivity index is 1.30. The molecule has 0 atom stereocenters. The molecule has 0 unspecified atom stereocenters. The van der Waals surface area contributed by atoms with E-state index in [9.17, 15) is 9.59 Å². The summed E-state index contributed by atoms with van der Waals surface area (Å²) in [6, 6.07) is 17.3. The highest BCUT2D eigenvalue weighted by molar-refractivity contribution is 6.34. The average molecular weight is 614 g/mol. The lowest BCUT2D eigenvalue weighted by atomic mass is 10.1. The lowest BCUT2D eigenvalue weighted by molar-refractivity contribution is 0.102. The van der Waals surface area contributed by atoms with Gasteiger partial charge in [-0.1, -0.05) is 29.3 Å². The molecule has 11 heteroatoms. The Morgan fingerprint density at radius 2 is 1.77 bits per heavy atom. The van der Waals surface area contributed by atoms with Gasteiger partial charge < -0.3 is 29.0 Å². The zero-order valence-corrected chi connectivity index (χ0v) is 24.9. The van der Waals surface area contributed by atoms with Crippen molar-refractivity contribution in [1.29, 1.82) is 0 Å². The number of anilines is 1. The molecule has 0 aliphatic carbocycles. The Morgan fingerprint density at radius 3 is 2.50 bits per heavy atom. The number of aromatic nitrogens is 2. The van der Waals surface area contributed by atoms with Crippen LogP contribution in [0.1, 0.15) is 22.8 Å². The van der Waals surface area contributed by atoms with Gasteiger partial charge in [-0.3, -0.25) is 19.1 Å². The van der Waals surface area contributed by atoms with Crippen LogP contribution in [0.15, 0.2) is 77.9 Å². The quantitative estimate of drug-likeness (QED) is 0.209. The highest BCUT2D eigenvalue weighted by Gasteiger charge is 2.25. The number of hydrogen-bond donors (Lipinski definition) is 1. The first-order chi connectivity index (χ1) is 21.4. The Bertz CT molecular complexity index is 1940. The highest BCUT2D eigenvalue weighted by atomic mass is 35.5. The van der Waals surface area contributed by atoms with Crippen molar-refractivity contribution in [2.45, 2.75) is 13.8 Å². The van der Waals surface area contributed by atoms with Crippen molar-refractivity contribution >= 4 is 34.1 Å². The molecule has 0 fully saturated rings. The fourth-order valence-corrected chi connectivity index (χ4v) is 5.11. The van der Waals surface area contributed by atoms with Crippen molar-refractivity contribution in [3.8, 4) is 40.2 Å². The molecule has 0 spiro atoms. The van der Waals surface area contributed by atoms with Crippen LogP contribution in [0.3, 0.4) is 0 Å². The predicted octanol–water partition coefficient (Wildman–Crippen LogP) is 6.57. The molecular formula is C33H28ClN3O7. The van der Waals surface area contributed by atoms with Gasteiger partial charge in [0.25, 0.3) is 11.5 Å². The fourth-order valence-electron chi connectivity index (χ4n) is 4.90. The van der Waals surface area contributed by atoms with E-state index in [-0.39, 0.29) is 28.6 Å². The van der Waals surface area contributed by atoms with Gasteiger partial charge >= 0.3 is 0 Å². The van der Waals surface area contributed by atoms with Crippen molar-refractivity contribution < 1.29 is 28.5 Å². The van der Waals surface area contributed by atoms with Crippen LogP contribution in [0.4, 0.5) is 5.69 Å². The molecule has 0 bridgehead atoms. The van der Waals surface area contributed by atoms with Crippen LogP contribution in [0, 0.1) is 6.92 Å². The van der Waals surface area contributed by atoms with Gasteiger partial charge in [-0.15, -0.1) is 0 Å². The van der Waals surface area contributed by atoms with Crippen molar-refractivity contribution in [3.05, 3.63) is 99.6 Å². The summed E-state index contributed by atoms with van der Waals surface area (Å²) < 4.78 is 30.4. The first-order valence-corrected chi connectivity index (χ1v) is 14.2. The molecule has 0 saturated carbocycles. The molecule has 0 radical (unpaired) electrons. The molecule has 6 rings (SSSR count). The molecule has 3 aromatic carbocycles. The molecule has 224 valence electrons. The third-order valence-corrected chi connectivity index (χ3v) is 7.29. The number of amides is 1. The number of rotatable bonds is 8. The van der Waals surface area contributed by atoms with E-state index in [1.54, 1.807) is 62.8 Å². The maximum atomic E-state index is 13.5. The number of halogens is 1. The van der Waals surface area contributed by atoms with Gasteiger partial charge in [-0.2, -0.15) is 0 Å². The SMILES string of the molecule is CCOc1ccn(-c2ccc(C)cc2)c(=O)c1C(=O)Nc1ccc(Oc2ccnc3cc(OC)c4c(c23)OCCO4)cc1Cl. The van der Waals surface area contributed by atoms with Crippen LogP contribution in [-0.2, 0) is 0 Å². The number of fused-ring (bicyclic) bond motifs is 3. The largest absolute Gasteiger partial charge is 0.493 e. The second kappa shape index (κ2) is 12.2. The lowest BCUT2D eigenvalue weighted by Crippen LogP contribution is -2.29. The van der Waals surface area contributed by atoms with Crippen LogP contribution in [0.25, 0.3) is 16.6 Å². The molecule has 1 N–H and O–H groups in total. The summed E-state index contributed by atoms with van der Waals surface area (Å²) in [5, 5.41) is 3.57. The second-order valence-corrected chi connectivity index (χ2v) is 10.2. The molecule has 44 heavy (non-hydrogen) atoms. The standard InChI is InChI=1S/C33H28ClN3O7/c1-4-41-25-12-14-37(20-7-5-19(2)6-8-20)33(39)29(25)32(38)36-23-10-9-21(17-22(23)34)44-26-11-13-35-24-18-27(40-3)30-31(28(24)26)43-16-15-42-30/h5-14,17-18H,4,15-16H2,1-3H3,(H,36,38). The predicted molar refractivity (Wildman–Crippen MR) is 167 cm³/mol. The van der Waals surface area contributed by atoms with Crippen LogP contribution in [0.5, 0.6) is 34.5 Å². The lowest BCUT2D eigenvalue weighted by Gasteiger charge is -2.23. The minimum absolute atomic E-state index is 0.142. The van der Waals surface area contributed by atoms with Gasteiger partial charge in [0.05, 0.1) is 35.3 Å². The molecule has 10 nitrogen and oxygen atoms in total. The van der Waals surface area contributed by atoms with Gasteiger partial charge in [0.2, 0.25) is 5.75 Å². The van der Waals surface area contributed by atoms with Gasteiger partial charge in [0.1, 0.15) is 36.0 Å². The summed E-state index contributed by atoms with van der Waals surface area (Å²) in [6.07, 6.45) is 3.20. The summed E-state index contributed by atoms with van der Waals surface area (Å²) in [4.78, 5) is 31.4. The van der Waals surface area contributed by atoms with Crippen molar-refractivity contribution in [3.63, 3.8) is 0 Å². The highest BCUT2D eigenvalue weighted by Crippen LogP contribution is 2.48. The molecular weight excluding hydrogens is 586 g/mol. The van der Waals surface area contributed by atoms with E-state index in [2.05, 4.69) is 10.3 Å². The number of hydrogen-bond acceptors (Lipinski definition) is 8. The van der Waals surface area contributed by atoms with E-state index in [1.165, 1.54) is 4.57 Å². The molecule has 3 heterocycles. The molecule has 5 aromatic rings. The van der Waals surface area contributed by atoms with E-state index in [4.69, 9.17) is 35.3 Å². The second-order valence-electron chi connectivity index (χ2n) is 9.83. The third-order valence-electron chi connectivity index (χ3n) is 6.97. The van der Waals surface area contributed by atoms with Gasteiger partial charge in [-0.05, 0) is 50.2 Å². The zero-order chi connectivity index (χ0) is 30.8. The number of methoxy groups -OCH3 is 1. The Labute approximate surface area is 257 Å². The Hall–Kier alpha value is -5.22. The van der Waals surface area contributed by atoms with E-state index >= 15 is 0 Å². The summed E-state index contributed by atoms with van der Waals surface area (Å²) in [7, 11) is 1.55. The summed E-state index contributed by atoms with van der Waals surface area (Å²) in [5.74, 6) is 1.85. The van der Waals surface area contributed by atoms with E-state index in [0.717, 1.165) is 5.56 Å². The number of ether oxygens (including phenoxy) is 5. The first kappa shape index (κ1) is 28.9. The van der Waals surface area contributed by atoms with Crippen molar-refractivity contribution in [2.24, 2.45) is 0 Å². The van der Waals surface area contributed by atoms with Crippen LogP contribution in [0.2, 0.25) is 5.02 Å². The van der Waals surface area contributed by atoms with E-state index in [1.807, 2.05) is 31.2 Å². The molecule has 0 saturated heterocycles. The normalized spacial score (nSPS) is 12.1. The summed E-state index contributed by atoms with van der Waals surface area (Å²) in [5.41, 5.74) is 1.89. The minimum Gasteiger partial charge on any atom is -0.493 e. The summed E-state index contributed by atoms with van der Waals surface area (Å²) >= 11 is 6.60. The van der Waals surface area contributed by atoms with Gasteiger partial charge in [-0.25, -0.2) is 0 Å². The van der Waals surface area contributed by atoms with Crippen LogP contribution in [-0.4, -0.2) is 42.4 Å². The van der Waals surface area contributed by atoms with Crippen molar-refractivity contribution in [2.75, 3.05) is 32.2 Å². The molecule has 1 aliphatic rings. The molecule has 1 aliphatic heterocycles. The minimum atomic E-state index is -0.659. The number of nitrogens with one attached hydrogen (secondary N) is 1. The monoisotopic (exact) mass is 613 g/mol. The number of nitrogens with zero attached hydrogens (tertiary/aromatic N) is 2. The smallest absolute Gasteiger partial charge is 0.271 e. The number of carbonyl (C=O) groups excluding carboxylic acids is 1. The van der Waals surface area contributed by atoms with Gasteiger partial charge in [0.15, 0.2) is 11.5 Å². The summed E-state index contributed by atoms with van der Waals surface area (Å²) in [6.45, 7) is 4.77. The number of carbonyl (C=O) groups is 1. The fraction of sp³-hybridized carbons (Fsp3) is 0.182. The first-order valence-electron chi connectivity index (χ1n) is 13.9. The topological polar surface area (TPSA) is 110 Å². The van der Waals surface area contributed by atoms with Crippen molar-refractivity contribution in [1.82, 2.24) is 9.55 Å². The van der Waals surface area contributed by atoms with E-state index < -0.39 is 11.5 Å². The maximum absolute atomic E-state index is 13.5. The zero-order valence-electron chi connectivity index (χ0n) is 24.2. The molecule has 2 aromatic heterocycles. The van der Waals surface area contributed by atoms with Crippen LogP contribution < -0.4 is 34.6 Å². The Morgan fingerprint density at radius 1 is 1.00 bits per heavy atom. The number of pyridine rings is 2. The Kier molecular flexibility index (Phi) is 7.99. The third kappa shape index (κ3) is 5.47. The number of benzene rings is 3. The number of aryl methyl sites for hydroxylation is 1. The van der Waals surface area contributed by atoms with Gasteiger partial charge in [0, 0.05) is 30.2 Å². The van der Waals surface area contributed by atoms with E-state index in [0.29, 0.717) is 58.6 Å². The van der Waals surface area contributed by atoms with Crippen LogP contribution >= 0.6 is 11.6 Å². The maximum Gasteiger partial charge on any atom is 0.271 e. The average Bonchev–Trinajstić information content (AvgIpc) is 3.03.